The fourth-order valence-electron chi connectivity index (χ4n) is 2.24. The molecule has 0 aliphatic carbocycles. The molecule has 1 aliphatic heterocycles. The molecule has 1 aliphatic rings. The number of carbonyl (C=O) groups is 2. The summed E-state index contributed by atoms with van der Waals surface area (Å²) in [5.41, 5.74) is -0.0647. The van der Waals surface area contributed by atoms with E-state index in [4.69, 9.17) is 0 Å². The normalized spacial score (nSPS) is 24.8. The van der Waals surface area contributed by atoms with Crippen LogP contribution in [0.4, 0.5) is 0 Å². The summed E-state index contributed by atoms with van der Waals surface area (Å²) in [6, 6.07) is -0.713. The van der Waals surface area contributed by atoms with Crippen LogP contribution in [-0.2, 0) is 9.59 Å². The first-order chi connectivity index (χ1) is 7.88. The molecule has 0 radical (unpaired) electrons. The van der Waals surface area contributed by atoms with Gasteiger partial charge in [0.2, 0.25) is 11.8 Å². The summed E-state index contributed by atoms with van der Waals surface area (Å²) in [6.07, 6.45) is 2.11. The second-order valence-corrected chi connectivity index (χ2v) is 5.32. The quantitative estimate of drug-likeness (QED) is 0.652. The Labute approximate surface area is 103 Å². The Hall–Kier alpha value is -1.10. The predicted molar refractivity (Wildman–Crippen MR) is 66.5 cm³/mol. The Bertz CT molecular complexity index is 302. The zero-order chi connectivity index (χ0) is 13.1. The summed E-state index contributed by atoms with van der Waals surface area (Å²) in [4.78, 5) is 23.4. The highest BCUT2D eigenvalue weighted by Gasteiger charge is 2.37. The van der Waals surface area contributed by atoms with E-state index in [-0.39, 0.29) is 23.3 Å². The average molecular weight is 241 g/mol. The van der Waals surface area contributed by atoms with Gasteiger partial charge in [-0.1, -0.05) is 13.8 Å². The molecular formula is C12H23N3O2. The van der Waals surface area contributed by atoms with Gasteiger partial charge in [-0.25, -0.2) is 0 Å². The molecule has 2 atom stereocenters. The highest BCUT2D eigenvalue weighted by Crippen LogP contribution is 2.30. The molecule has 0 bridgehead atoms. The van der Waals surface area contributed by atoms with Gasteiger partial charge in [0.25, 0.3) is 0 Å². The standard InChI is InChI=1S/C12H23N3O2/c1-8(10(16)13-4)15-11(17)9-12(2,3)6-5-7-14-9/h8-9,14H,5-7H2,1-4H3,(H,13,16)(H,15,17). The van der Waals surface area contributed by atoms with Gasteiger partial charge in [0.05, 0.1) is 6.04 Å². The second kappa shape index (κ2) is 5.49. The van der Waals surface area contributed by atoms with Crippen LogP contribution in [0.25, 0.3) is 0 Å². The molecule has 5 nitrogen and oxygen atoms in total. The van der Waals surface area contributed by atoms with Crippen LogP contribution in [0.2, 0.25) is 0 Å². The van der Waals surface area contributed by atoms with E-state index in [0.29, 0.717) is 0 Å². The molecule has 0 aromatic heterocycles. The van der Waals surface area contributed by atoms with Crippen LogP contribution in [0.3, 0.4) is 0 Å². The molecule has 1 saturated heterocycles. The largest absolute Gasteiger partial charge is 0.357 e. The molecular weight excluding hydrogens is 218 g/mol. The van der Waals surface area contributed by atoms with Gasteiger partial charge < -0.3 is 16.0 Å². The van der Waals surface area contributed by atoms with Crippen molar-refractivity contribution in [3.05, 3.63) is 0 Å². The Morgan fingerprint density at radius 3 is 2.59 bits per heavy atom. The van der Waals surface area contributed by atoms with Crippen molar-refractivity contribution in [2.75, 3.05) is 13.6 Å². The van der Waals surface area contributed by atoms with Crippen molar-refractivity contribution in [3.8, 4) is 0 Å². The van der Waals surface area contributed by atoms with E-state index in [1.807, 2.05) is 0 Å². The topological polar surface area (TPSA) is 70.2 Å². The summed E-state index contributed by atoms with van der Waals surface area (Å²) in [6.45, 7) is 6.70. The zero-order valence-electron chi connectivity index (χ0n) is 11.1. The van der Waals surface area contributed by atoms with Crippen LogP contribution in [-0.4, -0.2) is 37.5 Å². The first-order valence-corrected chi connectivity index (χ1v) is 6.14. The monoisotopic (exact) mass is 241 g/mol. The highest BCUT2D eigenvalue weighted by atomic mass is 16.2. The van der Waals surface area contributed by atoms with E-state index in [0.717, 1.165) is 19.4 Å². The summed E-state index contributed by atoms with van der Waals surface area (Å²) < 4.78 is 0. The van der Waals surface area contributed by atoms with Crippen LogP contribution in [0, 0.1) is 5.41 Å². The Morgan fingerprint density at radius 1 is 1.41 bits per heavy atom. The minimum atomic E-state index is -0.493. The molecule has 0 aromatic carbocycles. The van der Waals surface area contributed by atoms with Crippen LogP contribution in [0.1, 0.15) is 33.6 Å². The lowest BCUT2D eigenvalue weighted by atomic mass is 9.77. The molecule has 98 valence electrons. The molecule has 1 fully saturated rings. The number of hydrogen-bond donors (Lipinski definition) is 3. The Morgan fingerprint density at radius 2 is 2.06 bits per heavy atom. The third-order valence-corrected chi connectivity index (χ3v) is 3.39. The van der Waals surface area contributed by atoms with Crippen molar-refractivity contribution in [1.29, 1.82) is 0 Å². The van der Waals surface area contributed by atoms with Gasteiger partial charge in [0.15, 0.2) is 0 Å². The lowest BCUT2D eigenvalue weighted by molar-refractivity contribution is -0.131. The fourth-order valence-corrected chi connectivity index (χ4v) is 2.24. The number of hydrogen-bond acceptors (Lipinski definition) is 3. The number of nitrogens with one attached hydrogen (secondary N) is 3. The summed E-state index contributed by atoms with van der Waals surface area (Å²) in [5.74, 6) is -0.266. The van der Waals surface area contributed by atoms with Gasteiger partial charge in [-0.05, 0) is 31.7 Å². The number of carbonyl (C=O) groups excluding carboxylic acids is 2. The maximum absolute atomic E-state index is 12.1. The van der Waals surface area contributed by atoms with Crippen molar-refractivity contribution in [2.45, 2.75) is 45.7 Å². The molecule has 0 spiro atoms. The van der Waals surface area contributed by atoms with Gasteiger partial charge in [-0.3, -0.25) is 9.59 Å². The Kier molecular flexibility index (Phi) is 4.51. The smallest absolute Gasteiger partial charge is 0.242 e. The minimum Gasteiger partial charge on any atom is -0.357 e. The summed E-state index contributed by atoms with van der Waals surface area (Å²) >= 11 is 0. The average Bonchev–Trinajstić information content (AvgIpc) is 2.26. The SMILES string of the molecule is CNC(=O)C(C)NC(=O)C1NCCCC1(C)C. The number of amides is 2. The van der Waals surface area contributed by atoms with Crippen LogP contribution in [0.15, 0.2) is 0 Å². The van der Waals surface area contributed by atoms with Crippen molar-refractivity contribution in [3.63, 3.8) is 0 Å². The van der Waals surface area contributed by atoms with E-state index in [1.165, 1.54) is 0 Å². The molecule has 1 heterocycles. The molecule has 17 heavy (non-hydrogen) atoms. The lowest BCUT2D eigenvalue weighted by Crippen LogP contribution is -2.58. The van der Waals surface area contributed by atoms with Crippen molar-refractivity contribution in [1.82, 2.24) is 16.0 Å². The molecule has 3 N–H and O–H groups in total. The fraction of sp³-hybridized carbons (Fsp3) is 0.833. The first-order valence-electron chi connectivity index (χ1n) is 6.14. The third-order valence-electron chi connectivity index (χ3n) is 3.39. The minimum absolute atomic E-state index is 0.0647. The number of rotatable bonds is 3. The van der Waals surface area contributed by atoms with Crippen molar-refractivity contribution < 1.29 is 9.59 Å². The van der Waals surface area contributed by atoms with E-state index in [2.05, 4.69) is 29.8 Å². The van der Waals surface area contributed by atoms with Gasteiger partial charge in [0, 0.05) is 7.05 Å². The predicted octanol–water partition coefficient (Wildman–Crippen LogP) is 0.0153. The molecule has 2 unspecified atom stereocenters. The maximum Gasteiger partial charge on any atom is 0.242 e. The van der Waals surface area contributed by atoms with Gasteiger partial charge in [-0.2, -0.15) is 0 Å². The lowest BCUT2D eigenvalue weighted by Gasteiger charge is -2.38. The van der Waals surface area contributed by atoms with E-state index < -0.39 is 6.04 Å². The highest BCUT2D eigenvalue weighted by molar-refractivity contribution is 5.89. The van der Waals surface area contributed by atoms with E-state index >= 15 is 0 Å². The summed E-state index contributed by atoms with van der Waals surface area (Å²) in [5, 5.41) is 8.49. The molecule has 0 aromatic rings. The number of likely N-dealkylation sites (N-methyl/N-ethyl adjacent to an activating group) is 1. The van der Waals surface area contributed by atoms with E-state index in [9.17, 15) is 9.59 Å². The molecule has 5 heteroatoms. The van der Waals surface area contributed by atoms with Gasteiger partial charge in [0.1, 0.15) is 6.04 Å². The van der Waals surface area contributed by atoms with Crippen molar-refractivity contribution >= 4 is 11.8 Å². The van der Waals surface area contributed by atoms with E-state index in [1.54, 1.807) is 14.0 Å². The zero-order valence-corrected chi connectivity index (χ0v) is 11.1. The summed E-state index contributed by atoms with van der Waals surface area (Å²) in [7, 11) is 1.56. The molecule has 1 rings (SSSR count). The van der Waals surface area contributed by atoms with Gasteiger partial charge in [-0.15, -0.1) is 0 Å². The van der Waals surface area contributed by atoms with Crippen LogP contribution >= 0.6 is 0 Å². The maximum atomic E-state index is 12.1. The number of piperidine rings is 1. The van der Waals surface area contributed by atoms with Crippen LogP contribution in [0.5, 0.6) is 0 Å². The van der Waals surface area contributed by atoms with Gasteiger partial charge >= 0.3 is 0 Å². The molecule has 2 amide bonds. The third kappa shape index (κ3) is 3.43. The van der Waals surface area contributed by atoms with Crippen molar-refractivity contribution in [2.24, 2.45) is 5.41 Å². The second-order valence-electron chi connectivity index (χ2n) is 5.32. The van der Waals surface area contributed by atoms with Crippen LogP contribution < -0.4 is 16.0 Å². The Balaban J connectivity index is 2.60. The molecule has 0 saturated carbocycles. The first kappa shape index (κ1) is 14.0.